The molecule has 1 aliphatic carbocycles. The van der Waals surface area contributed by atoms with Gasteiger partial charge >= 0.3 is 6.18 Å². The van der Waals surface area contributed by atoms with Crippen molar-refractivity contribution in [3.8, 4) is 0 Å². The topological polar surface area (TPSA) is 74.7 Å². The first-order valence-corrected chi connectivity index (χ1v) is 8.54. The number of anilines is 1. The summed E-state index contributed by atoms with van der Waals surface area (Å²) >= 11 is 0. The van der Waals surface area contributed by atoms with Gasteiger partial charge in [0, 0.05) is 46.5 Å². The summed E-state index contributed by atoms with van der Waals surface area (Å²) in [5.41, 5.74) is -0.968. The normalized spacial score (nSPS) is 14.5. The van der Waals surface area contributed by atoms with Gasteiger partial charge in [-0.3, -0.25) is 4.99 Å². The van der Waals surface area contributed by atoms with E-state index in [0.29, 0.717) is 32.2 Å². The van der Waals surface area contributed by atoms with Crippen LogP contribution in [0.5, 0.6) is 0 Å². The second kappa shape index (κ2) is 11.5. The maximum Gasteiger partial charge on any atom is 0.433 e. The number of guanidine groups is 1. The predicted molar refractivity (Wildman–Crippen MR) is 108 cm³/mol. The Morgan fingerprint density at radius 3 is 2.74 bits per heavy atom. The molecule has 27 heavy (non-hydrogen) atoms. The van der Waals surface area contributed by atoms with Crippen molar-refractivity contribution in [2.24, 2.45) is 10.9 Å². The van der Waals surface area contributed by atoms with Crippen molar-refractivity contribution >= 4 is 35.9 Å². The summed E-state index contributed by atoms with van der Waals surface area (Å²) in [5, 5.41) is 5.89. The number of nitrogens with one attached hydrogen (secondary N) is 2. The number of rotatable bonds is 9. The van der Waals surface area contributed by atoms with E-state index >= 15 is 0 Å². The SMILES string of the molecule is CN=C(NCCNc1nccc(C(F)(F)F)n1)N(C)CCOCC1CC1.I. The van der Waals surface area contributed by atoms with Gasteiger partial charge in [0.25, 0.3) is 0 Å². The van der Waals surface area contributed by atoms with E-state index in [-0.39, 0.29) is 29.9 Å². The molecule has 154 valence electrons. The lowest BCUT2D eigenvalue weighted by Crippen LogP contribution is -2.42. The molecule has 7 nitrogen and oxygen atoms in total. The third kappa shape index (κ3) is 8.91. The number of alkyl halides is 3. The van der Waals surface area contributed by atoms with Gasteiger partial charge in [-0.1, -0.05) is 0 Å². The maximum atomic E-state index is 12.6. The van der Waals surface area contributed by atoms with E-state index in [1.807, 2.05) is 11.9 Å². The molecule has 2 N–H and O–H groups in total. The summed E-state index contributed by atoms with van der Waals surface area (Å²) in [7, 11) is 3.58. The number of aromatic nitrogens is 2. The van der Waals surface area contributed by atoms with Gasteiger partial charge in [0.1, 0.15) is 5.69 Å². The Hall–Kier alpha value is -1.37. The van der Waals surface area contributed by atoms with Gasteiger partial charge in [-0.25, -0.2) is 9.97 Å². The van der Waals surface area contributed by atoms with E-state index < -0.39 is 11.9 Å². The van der Waals surface area contributed by atoms with Crippen LogP contribution < -0.4 is 10.6 Å². The predicted octanol–water partition coefficient (Wildman–Crippen LogP) is 2.46. The van der Waals surface area contributed by atoms with E-state index in [2.05, 4.69) is 25.6 Å². The quantitative estimate of drug-likeness (QED) is 0.234. The zero-order chi connectivity index (χ0) is 19.0. The summed E-state index contributed by atoms with van der Waals surface area (Å²) in [5.74, 6) is 1.37. The number of hydrogen-bond donors (Lipinski definition) is 2. The first-order valence-electron chi connectivity index (χ1n) is 8.54. The van der Waals surface area contributed by atoms with Gasteiger partial charge in [0.05, 0.1) is 6.61 Å². The largest absolute Gasteiger partial charge is 0.433 e. The van der Waals surface area contributed by atoms with Gasteiger partial charge in [-0.15, -0.1) is 24.0 Å². The molecule has 0 amide bonds. The fourth-order valence-electron chi connectivity index (χ4n) is 2.18. The number of hydrogen-bond acceptors (Lipinski definition) is 5. The van der Waals surface area contributed by atoms with Gasteiger partial charge < -0.3 is 20.3 Å². The number of aliphatic imine (C=N–C) groups is 1. The van der Waals surface area contributed by atoms with E-state index in [1.54, 1.807) is 7.05 Å². The zero-order valence-corrected chi connectivity index (χ0v) is 17.8. The molecule has 1 fully saturated rings. The van der Waals surface area contributed by atoms with Crippen LogP contribution in [-0.4, -0.2) is 67.8 Å². The van der Waals surface area contributed by atoms with E-state index in [0.717, 1.165) is 24.8 Å². The molecule has 1 heterocycles. The van der Waals surface area contributed by atoms with Crippen LogP contribution in [0.4, 0.5) is 19.1 Å². The van der Waals surface area contributed by atoms with Crippen LogP contribution in [0.3, 0.4) is 0 Å². The number of nitrogens with zero attached hydrogens (tertiary/aromatic N) is 4. The van der Waals surface area contributed by atoms with Crippen molar-refractivity contribution in [1.29, 1.82) is 0 Å². The molecular weight excluding hydrogens is 476 g/mol. The second-order valence-electron chi connectivity index (χ2n) is 6.10. The first-order chi connectivity index (χ1) is 12.4. The lowest BCUT2D eigenvalue weighted by molar-refractivity contribution is -0.141. The minimum atomic E-state index is -4.48. The summed E-state index contributed by atoms with van der Waals surface area (Å²) in [6.07, 6.45) is -0.868. The first kappa shape index (κ1) is 23.7. The summed E-state index contributed by atoms with van der Waals surface area (Å²) in [4.78, 5) is 13.4. The van der Waals surface area contributed by atoms with Crippen LogP contribution in [0, 0.1) is 5.92 Å². The molecule has 1 aromatic heterocycles. The molecule has 0 spiro atoms. The van der Waals surface area contributed by atoms with Crippen LogP contribution in [0.25, 0.3) is 0 Å². The van der Waals surface area contributed by atoms with Crippen molar-refractivity contribution in [3.63, 3.8) is 0 Å². The molecule has 0 saturated heterocycles. The summed E-state index contributed by atoms with van der Waals surface area (Å²) in [6.45, 7) is 2.97. The molecule has 1 aromatic rings. The highest BCUT2D eigenvalue weighted by Crippen LogP contribution is 2.28. The van der Waals surface area contributed by atoms with E-state index in [1.165, 1.54) is 12.8 Å². The third-order valence-corrected chi connectivity index (χ3v) is 3.83. The van der Waals surface area contributed by atoms with Crippen LogP contribution in [0.1, 0.15) is 18.5 Å². The molecular formula is C16H26F3IN6O. The molecule has 0 unspecified atom stereocenters. The Morgan fingerprint density at radius 1 is 1.37 bits per heavy atom. The Morgan fingerprint density at radius 2 is 2.11 bits per heavy atom. The molecule has 1 saturated carbocycles. The molecule has 0 bridgehead atoms. The lowest BCUT2D eigenvalue weighted by atomic mass is 10.4. The van der Waals surface area contributed by atoms with Gasteiger partial charge in [-0.05, 0) is 24.8 Å². The smallest absolute Gasteiger partial charge is 0.379 e. The Kier molecular flexibility index (Phi) is 10.1. The molecule has 0 aliphatic heterocycles. The molecule has 2 rings (SSSR count). The van der Waals surface area contributed by atoms with E-state index in [9.17, 15) is 13.2 Å². The van der Waals surface area contributed by atoms with Crippen molar-refractivity contribution < 1.29 is 17.9 Å². The summed E-state index contributed by atoms with van der Waals surface area (Å²) in [6, 6.07) is 0.839. The highest BCUT2D eigenvalue weighted by molar-refractivity contribution is 14.0. The molecule has 0 aromatic carbocycles. The Balaban J connectivity index is 0.00000364. The fraction of sp³-hybridized carbons (Fsp3) is 0.688. The standard InChI is InChI=1S/C16H25F3N6O.HI/c1-20-15(25(2)9-10-26-11-12-3-4-12)23-8-7-22-14-21-6-5-13(24-14)16(17,18)19;/h5-6,12H,3-4,7-11H2,1-2H3,(H,20,23)(H,21,22,24);1H. The minimum absolute atomic E-state index is 0. The van der Waals surface area contributed by atoms with Crippen molar-refractivity contribution in [1.82, 2.24) is 20.2 Å². The van der Waals surface area contributed by atoms with Gasteiger partial charge in [0.2, 0.25) is 5.95 Å². The van der Waals surface area contributed by atoms with Gasteiger partial charge in [0.15, 0.2) is 5.96 Å². The van der Waals surface area contributed by atoms with Crippen LogP contribution in [0.15, 0.2) is 17.3 Å². The average Bonchev–Trinajstić information content (AvgIpc) is 3.42. The Labute approximate surface area is 174 Å². The summed E-state index contributed by atoms with van der Waals surface area (Å²) < 4.78 is 43.4. The number of ether oxygens (including phenoxy) is 1. The molecule has 0 atom stereocenters. The van der Waals surface area contributed by atoms with Crippen molar-refractivity contribution in [2.45, 2.75) is 19.0 Å². The second-order valence-corrected chi connectivity index (χ2v) is 6.10. The van der Waals surface area contributed by atoms with E-state index in [4.69, 9.17) is 4.74 Å². The number of halogens is 4. The highest BCUT2D eigenvalue weighted by atomic mass is 127. The van der Waals surface area contributed by atoms with Crippen molar-refractivity contribution in [3.05, 3.63) is 18.0 Å². The number of likely N-dealkylation sites (N-methyl/N-ethyl adjacent to an activating group) is 1. The zero-order valence-electron chi connectivity index (χ0n) is 15.4. The molecule has 1 aliphatic rings. The molecule has 0 radical (unpaired) electrons. The lowest BCUT2D eigenvalue weighted by Gasteiger charge is -2.22. The monoisotopic (exact) mass is 502 g/mol. The Bertz CT molecular complexity index is 598. The highest BCUT2D eigenvalue weighted by Gasteiger charge is 2.32. The maximum absolute atomic E-state index is 12.6. The third-order valence-electron chi connectivity index (χ3n) is 3.83. The minimum Gasteiger partial charge on any atom is -0.379 e. The average molecular weight is 502 g/mol. The van der Waals surface area contributed by atoms with Gasteiger partial charge in [-0.2, -0.15) is 13.2 Å². The van der Waals surface area contributed by atoms with Crippen LogP contribution in [-0.2, 0) is 10.9 Å². The van der Waals surface area contributed by atoms with Crippen molar-refractivity contribution in [2.75, 3.05) is 52.3 Å². The van der Waals surface area contributed by atoms with Crippen LogP contribution in [0.2, 0.25) is 0 Å². The van der Waals surface area contributed by atoms with Crippen LogP contribution >= 0.6 is 24.0 Å². The fourth-order valence-corrected chi connectivity index (χ4v) is 2.18. The molecule has 11 heteroatoms.